The molecule has 3 rings (SSSR count). The van der Waals surface area contributed by atoms with Crippen LogP contribution in [0.5, 0.6) is 0 Å². The normalized spacial score (nSPS) is 16.0. The van der Waals surface area contributed by atoms with Crippen LogP contribution in [0, 0.1) is 0 Å². The van der Waals surface area contributed by atoms with Gasteiger partial charge in [0, 0.05) is 4.47 Å². The van der Waals surface area contributed by atoms with Crippen LogP contribution in [0.15, 0.2) is 34.9 Å². The second-order valence-corrected chi connectivity index (χ2v) is 7.78. The smallest absolute Gasteiger partial charge is 0.408 e. The molecule has 122 valence electrons. The predicted molar refractivity (Wildman–Crippen MR) is 92.0 cm³/mol. The van der Waals surface area contributed by atoms with Gasteiger partial charge in [-0.1, -0.05) is 28.1 Å². The lowest BCUT2D eigenvalue weighted by Gasteiger charge is -2.22. The van der Waals surface area contributed by atoms with Crippen molar-refractivity contribution in [1.29, 1.82) is 0 Å². The van der Waals surface area contributed by atoms with Crippen molar-refractivity contribution in [2.75, 3.05) is 0 Å². The van der Waals surface area contributed by atoms with E-state index in [0.717, 1.165) is 34.4 Å². The average Bonchev–Trinajstić information content (AvgIpc) is 3.04. The van der Waals surface area contributed by atoms with Gasteiger partial charge in [0.2, 0.25) is 0 Å². The van der Waals surface area contributed by atoms with Crippen molar-refractivity contribution in [3.05, 3.63) is 40.8 Å². The highest BCUT2D eigenvalue weighted by molar-refractivity contribution is 9.10. The predicted octanol–water partition coefficient (Wildman–Crippen LogP) is 4.35. The van der Waals surface area contributed by atoms with Gasteiger partial charge in [-0.2, -0.15) is 0 Å². The van der Waals surface area contributed by atoms with Crippen LogP contribution in [0.4, 0.5) is 4.79 Å². The minimum absolute atomic E-state index is 0.406. The first-order chi connectivity index (χ1) is 10.8. The van der Waals surface area contributed by atoms with Gasteiger partial charge in [-0.25, -0.2) is 9.78 Å². The summed E-state index contributed by atoms with van der Waals surface area (Å²) in [5.41, 5.74) is 1.06. The van der Waals surface area contributed by atoms with E-state index >= 15 is 0 Å². The number of halogens is 1. The molecule has 0 atom stereocenters. The van der Waals surface area contributed by atoms with Crippen LogP contribution < -0.4 is 5.32 Å². The standard InChI is InChI=1S/C17H20BrN3O2/c1-16(2,3)23-15(22)21-17(8-9-17)14-19-10-13(20-14)11-4-6-12(18)7-5-11/h4-7,10H,8-9H2,1-3H3,(H,19,20)(H,21,22). The van der Waals surface area contributed by atoms with Gasteiger partial charge in [-0.15, -0.1) is 0 Å². The van der Waals surface area contributed by atoms with E-state index in [1.165, 1.54) is 0 Å². The van der Waals surface area contributed by atoms with Gasteiger partial charge in [0.15, 0.2) is 0 Å². The number of aromatic nitrogens is 2. The number of nitrogens with zero attached hydrogens (tertiary/aromatic N) is 1. The number of H-pyrrole nitrogens is 1. The summed E-state index contributed by atoms with van der Waals surface area (Å²) in [4.78, 5) is 19.8. The van der Waals surface area contributed by atoms with Crippen LogP contribution in [-0.2, 0) is 10.3 Å². The Morgan fingerprint density at radius 1 is 1.30 bits per heavy atom. The van der Waals surface area contributed by atoms with E-state index in [-0.39, 0.29) is 0 Å². The number of ether oxygens (including phenoxy) is 1. The maximum atomic E-state index is 12.0. The second-order valence-electron chi connectivity index (χ2n) is 6.86. The van der Waals surface area contributed by atoms with Crippen molar-refractivity contribution in [3.63, 3.8) is 0 Å². The molecule has 0 saturated heterocycles. The van der Waals surface area contributed by atoms with E-state index in [2.05, 4.69) is 31.2 Å². The number of alkyl carbamates (subject to hydrolysis) is 1. The first kappa shape index (κ1) is 16.1. The van der Waals surface area contributed by atoms with Crippen molar-refractivity contribution < 1.29 is 9.53 Å². The highest BCUT2D eigenvalue weighted by atomic mass is 79.9. The SMILES string of the molecule is CC(C)(C)OC(=O)NC1(c2ncc(-c3ccc(Br)cc3)[nH]2)CC1. The van der Waals surface area contributed by atoms with E-state index in [0.29, 0.717) is 0 Å². The summed E-state index contributed by atoms with van der Waals surface area (Å²) in [6, 6.07) is 8.01. The molecule has 0 radical (unpaired) electrons. The molecular formula is C17H20BrN3O2. The van der Waals surface area contributed by atoms with Crippen LogP contribution >= 0.6 is 15.9 Å². The first-order valence-corrected chi connectivity index (χ1v) is 8.39. The quantitative estimate of drug-likeness (QED) is 0.834. The molecule has 1 amide bonds. The van der Waals surface area contributed by atoms with Crippen molar-refractivity contribution >= 4 is 22.0 Å². The summed E-state index contributed by atoms with van der Waals surface area (Å²) in [7, 11) is 0. The Balaban J connectivity index is 1.75. The summed E-state index contributed by atoms with van der Waals surface area (Å²) in [5, 5.41) is 2.95. The highest BCUT2D eigenvalue weighted by Crippen LogP contribution is 2.44. The number of aromatic amines is 1. The van der Waals surface area contributed by atoms with E-state index in [9.17, 15) is 4.79 Å². The first-order valence-electron chi connectivity index (χ1n) is 7.60. The summed E-state index contributed by atoms with van der Waals surface area (Å²) < 4.78 is 6.38. The fraction of sp³-hybridized carbons (Fsp3) is 0.412. The van der Waals surface area contributed by atoms with E-state index < -0.39 is 17.2 Å². The third-order valence-corrected chi connectivity index (χ3v) is 4.20. The number of nitrogens with one attached hydrogen (secondary N) is 2. The molecule has 1 aromatic carbocycles. The zero-order chi connectivity index (χ0) is 16.7. The number of benzene rings is 1. The largest absolute Gasteiger partial charge is 0.444 e. The van der Waals surface area contributed by atoms with Crippen LogP contribution in [-0.4, -0.2) is 21.7 Å². The summed E-state index contributed by atoms with van der Waals surface area (Å²) in [6.45, 7) is 5.56. The fourth-order valence-electron chi connectivity index (χ4n) is 2.39. The molecule has 2 N–H and O–H groups in total. The molecule has 1 saturated carbocycles. The molecule has 5 nitrogen and oxygen atoms in total. The zero-order valence-corrected chi connectivity index (χ0v) is 15.0. The summed E-state index contributed by atoms with van der Waals surface area (Å²) >= 11 is 3.43. The number of carbonyl (C=O) groups excluding carboxylic acids is 1. The average molecular weight is 378 g/mol. The molecule has 6 heteroatoms. The summed E-state index contributed by atoms with van der Waals surface area (Å²) in [5.74, 6) is 0.779. The number of imidazole rings is 1. The molecule has 23 heavy (non-hydrogen) atoms. The summed E-state index contributed by atoms with van der Waals surface area (Å²) in [6.07, 6.45) is 3.12. The molecule has 0 bridgehead atoms. The molecule has 1 aliphatic rings. The Bertz CT molecular complexity index is 712. The highest BCUT2D eigenvalue weighted by Gasteiger charge is 2.49. The number of rotatable bonds is 3. The molecule has 0 unspecified atom stereocenters. The van der Waals surface area contributed by atoms with E-state index in [1.807, 2.05) is 45.0 Å². The molecule has 0 aliphatic heterocycles. The van der Waals surface area contributed by atoms with Crippen LogP contribution in [0.2, 0.25) is 0 Å². The molecular weight excluding hydrogens is 358 g/mol. The lowest BCUT2D eigenvalue weighted by atomic mass is 10.2. The molecule has 1 aromatic heterocycles. The Kier molecular flexibility index (Phi) is 3.96. The number of hydrogen-bond donors (Lipinski definition) is 2. The van der Waals surface area contributed by atoms with Crippen LogP contribution in [0.25, 0.3) is 11.3 Å². The zero-order valence-electron chi connectivity index (χ0n) is 13.4. The van der Waals surface area contributed by atoms with Gasteiger partial charge < -0.3 is 15.0 Å². The van der Waals surface area contributed by atoms with Crippen molar-refractivity contribution in [1.82, 2.24) is 15.3 Å². The van der Waals surface area contributed by atoms with Gasteiger partial charge in [0.1, 0.15) is 17.0 Å². The Hall–Kier alpha value is -1.82. The maximum Gasteiger partial charge on any atom is 0.408 e. The number of carbonyl (C=O) groups is 1. The third-order valence-electron chi connectivity index (χ3n) is 3.67. The monoisotopic (exact) mass is 377 g/mol. The number of hydrogen-bond acceptors (Lipinski definition) is 3. The van der Waals surface area contributed by atoms with Gasteiger partial charge in [-0.3, -0.25) is 0 Å². The topological polar surface area (TPSA) is 67.0 Å². The Morgan fingerprint density at radius 2 is 1.96 bits per heavy atom. The van der Waals surface area contributed by atoms with Gasteiger partial charge >= 0.3 is 6.09 Å². The van der Waals surface area contributed by atoms with E-state index in [1.54, 1.807) is 6.20 Å². The van der Waals surface area contributed by atoms with E-state index in [4.69, 9.17) is 4.74 Å². The number of amides is 1. The third kappa shape index (κ3) is 3.75. The molecule has 0 spiro atoms. The molecule has 1 heterocycles. The minimum Gasteiger partial charge on any atom is -0.444 e. The van der Waals surface area contributed by atoms with Gasteiger partial charge in [0.05, 0.1) is 11.9 Å². The van der Waals surface area contributed by atoms with Gasteiger partial charge in [0.25, 0.3) is 0 Å². The van der Waals surface area contributed by atoms with Gasteiger partial charge in [-0.05, 0) is 51.3 Å². The van der Waals surface area contributed by atoms with Crippen molar-refractivity contribution in [2.24, 2.45) is 0 Å². The molecule has 1 aliphatic carbocycles. The fourth-order valence-corrected chi connectivity index (χ4v) is 2.65. The van der Waals surface area contributed by atoms with Crippen molar-refractivity contribution in [2.45, 2.75) is 44.8 Å². The lowest BCUT2D eigenvalue weighted by Crippen LogP contribution is -2.39. The second kappa shape index (κ2) is 5.67. The van der Waals surface area contributed by atoms with Crippen LogP contribution in [0.1, 0.15) is 39.4 Å². The molecule has 2 aromatic rings. The van der Waals surface area contributed by atoms with Crippen LogP contribution in [0.3, 0.4) is 0 Å². The minimum atomic E-state index is -0.508. The maximum absolute atomic E-state index is 12.0. The van der Waals surface area contributed by atoms with Crippen molar-refractivity contribution in [3.8, 4) is 11.3 Å². The lowest BCUT2D eigenvalue weighted by molar-refractivity contribution is 0.0492. The molecule has 1 fully saturated rings. The Labute approximate surface area is 144 Å². The Morgan fingerprint density at radius 3 is 2.52 bits per heavy atom.